The molecule has 0 amide bonds. The van der Waals surface area contributed by atoms with Gasteiger partial charge in [0.25, 0.3) is 0 Å². The summed E-state index contributed by atoms with van der Waals surface area (Å²) in [6, 6.07) is 10.1. The maximum absolute atomic E-state index is 12.4. The smallest absolute Gasteiger partial charge is 0.214 e. The van der Waals surface area contributed by atoms with Crippen LogP contribution < -0.4 is 0 Å². The van der Waals surface area contributed by atoms with E-state index in [2.05, 4.69) is 37.8 Å². The van der Waals surface area contributed by atoms with Gasteiger partial charge in [-0.2, -0.15) is 4.31 Å². The summed E-state index contributed by atoms with van der Waals surface area (Å²) in [4.78, 5) is 2.35. The molecule has 0 aromatic heterocycles. The lowest BCUT2D eigenvalue weighted by atomic mass is 10.1. The van der Waals surface area contributed by atoms with E-state index < -0.39 is 10.0 Å². The van der Waals surface area contributed by atoms with Gasteiger partial charge in [0, 0.05) is 31.7 Å². The van der Waals surface area contributed by atoms with Crippen molar-refractivity contribution in [3.05, 3.63) is 35.9 Å². The molecule has 0 spiro atoms. The average Bonchev–Trinajstić information content (AvgIpc) is 2.47. The van der Waals surface area contributed by atoms with Gasteiger partial charge in [-0.15, -0.1) is 0 Å². The molecule has 0 bridgehead atoms. The molecule has 124 valence electrons. The molecular formula is C17H28N2O2S. The molecule has 22 heavy (non-hydrogen) atoms. The van der Waals surface area contributed by atoms with E-state index in [-0.39, 0.29) is 11.3 Å². The fourth-order valence-electron chi connectivity index (χ4n) is 2.87. The Kier molecular flexibility index (Phi) is 5.64. The molecule has 0 unspecified atom stereocenters. The second kappa shape index (κ2) is 7.11. The Morgan fingerprint density at radius 2 is 1.59 bits per heavy atom. The van der Waals surface area contributed by atoms with Gasteiger partial charge in [-0.05, 0) is 39.2 Å². The van der Waals surface area contributed by atoms with Crippen LogP contribution in [0.5, 0.6) is 0 Å². The summed E-state index contributed by atoms with van der Waals surface area (Å²) in [6.45, 7) is 9.41. The molecular weight excluding hydrogens is 296 g/mol. The van der Waals surface area contributed by atoms with Crippen LogP contribution in [0.3, 0.4) is 0 Å². The molecule has 2 rings (SSSR count). The lowest BCUT2D eigenvalue weighted by Gasteiger charge is -2.41. The Balaban J connectivity index is 1.82. The normalized spacial score (nSPS) is 18.5. The largest absolute Gasteiger partial charge is 0.296 e. The second-order valence-corrected chi connectivity index (χ2v) is 9.05. The minimum absolute atomic E-state index is 0.114. The van der Waals surface area contributed by atoms with E-state index in [1.54, 1.807) is 4.31 Å². The van der Waals surface area contributed by atoms with Crippen molar-refractivity contribution in [1.82, 2.24) is 9.21 Å². The van der Waals surface area contributed by atoms with Crippen LogP contribution in [0.4, 0.5) is 0 Å². The average molecular weight is 324 g/mol. The van der Waals surface area contributed by atoms with Crippen molar-refractivity contribution >= 4 is 10.0 Å². The van der Waals surface area contributed by atoms with E-state index in [1.807, 2.05) is 18.2 Å². The van der Waals surface area contributed by atoms with Crippen molar-refractivity contribution in [3.63, 3.8) is 0 Å². The highest BCUT2D eigenvalue weighted by molar-refractivity contribution is 7.89. The van der Waals surface area contributed by atoms with Crippen LogP contribution in [-0.2, 0) is 16.4 Å². The topological polar surface area (TPSA) is 40.6 Å². The zero-order valence-corrected chi connectivity index (χ0v) is 14.8. The quantitative estimate of drug-likeness (QED) is 0.835. The summed E-state index contributed by atoms with van der Waals surface area (Å²) in [6.07, 6.45) is 1.51. The van der Waals surface area contributed by atoms with Crippen LogP contribution in [-0.4, -0.2) is 55.1 Å². The Bertz CT molecular complexity index is 556. The molecule has 0 saturated carbocycles. The molecule has 1 heterocycles. The van der Waals surface area contributed by atoms with Gasteiger partial charge in [0.15, 0.2) is 0 Å². The van der Waals surface area contributed by atoms with Crippen LogP contribution in [0.1, 0.15) is 32.8 Å². The second-order valence-electron chi connectivity index (χ2n) is 6.96. The van der Waals surface area contributed by atoms with Gasteiger partial charge in [0.05, 0.1) is 5.75 Å². The van der Waals surface area contributed by atoms with E-state index in [4.69, 9.17) is 0 Å². The molecule has 0 atom stereocenters. The van der Waals surface area contributed by atoms with E-state index >= 15 is 0 Å². The van der Waals surface area contributed by atoms with Crippen LogP contribution in [0.15, 0.2) is 30.3 Å². The highest BCUT2D eigenvalue weighted by atomic mass is 32.2. The Morgan fingerprint density at radius 1 is 1.00 bits per heavy atom. The number of nitrogens with zero attached hydrogens (tertiary/aromatic N) is 2. The maximum atomic E-state index is 12.4. The Hall–Kier alpha value is -0.910. The summed E-state index contributed by atoms with van der Waals surface area (Å²) in [5.41, 5.74) is 1.32. The molecule has 1 saturated heterocycles. The number of aryl methyl sites for hydroxylation is 1. The van der Waals surface area contributed by atoms with Gasteiger partial charge in [0.1, 0.15) is 0 Å². The van der Waals surface area contributed by atoms with Crippen LogP contribution in [0, 0.1) is 0 Å². The molecule has 0 radical (unpaired) electrons. The van der Waals surface area contributed by atoms with Crippen molar-refractivity contribution < 1.29 is 8.42 Å². The Morgan fingerprint density at radius 3 is 2.14 bits per heavy atom. The van der Waals surface area contributed by atoms with Gasteiger partial charge in [-0.3, -0.25) is 4.90 Å². The highest BCUT2D eigenvalue weighted by Crippen LogP contribution is 2.18. The number of rotatable bonds is 5. The number of hydrogen-bond donors (Lipinski definition) is 0. The molecule has 4 nitrogen and oxygen atoms in total. The van der Waals surface area contributed by atoms with Gasteiger partial charge in [-0.1, -0.05) is 30.3 Å². The van der Waals surface area contributed by atoms with E-state index in [1.165, 1.54) is 5.56 Å². The van der Waals surface area contributed by atoms with Crippen LogP contribution in [0.2, 0.25) is 0 Å². The van der Waals surface area contributed by atoms with Gasteiger partial charge in [-0.25, -0.2) is 8.42 Å². The number of piperazine rings is 1. The maximum Gasteiger partial charge on any atom is 0.214 e. The minimum atomic E-state index is -3.12. The van der Waals surface area contributed by atoms with Crippen molar-refractivity contribution in [2.45, 2.75) is 39.2 Å². The predicted molar refractivity (Wildman–Crippen MR) is 91.4 cm³/mol. The van der Waals surface area contributed by atoms with Crippen molar-refractivity contribution in [3.8, 4) is 0 Å². The summed E-state index contributed by atoms with van der Waals surface area (Å²) < 4.78 is 26.5. The van der Waals surface area contributed by atoms with Crippen LogP contribution in [0.25, 0.3) is 0 Å². The third-order valence-corrected chi connectivity index (χ3v) is 6.25. The van der Waals surface area contributed by atoms with E-state index in [0.29, 0.717) is 19.5 Å². The van der Waals surface area contributed by atoms with E-state index in [0.717, 1.165) is 19.5 Å². The molecule has 5 heteroatoms. The predicted octanol–water partition coefficient (Wildman–Crippen LogP) is 2.37. The fraction of sp³-hybridized carbons (Fsp3) is 0.647. The monoisotopic (exact) mass is 324 g/mol. The zero-order valence-electron chi connectivity index (χ0n) is 14.0. The minimum Gasteiger partial charge on any atom is -0.296 e. The number of hydrogen-bond acceptors (Lipinski definition) is 3. The van der Waals surface area contributed by atoms with Gasteiger partial charge < -0.3 is 0 Å². The zero-order chi connectivity index (χ0) is 16.2. The lowest BCUT2D eigenvalue weighted by molar-refractivity contribution is 0.0922. The Labute approximate surface area is 135 Å². The van der Waals surface area contributed by atoms with Crippen molar-refractivity contribution in [1.29, 1.82) is 0 Å². The molecule has 0 aliphatic carbocycles. The standard InChI is InChI=1S/C17H28N2O2S/c1-17(2,3)18-11-13-19(14-12-18)22(20,21)15-7-10-16-8-5-4-6-9-16/h4-6,8-9H,7,10-15H2,1-3H3. The molecule has 1 aromatic rings. The summed E-state index contributed by atoms with van der Waals surface area (Å²) in [5, 5.41) is 0. The number of benzene rings is 1. The first-order valence-electron chi connectivity index (χ1n) is 8.06. The highest BCUT2D eigenvalue weighted by Gasteiger charge is 2.30. The van der Waals surface area contributed by atoms with Crippen LogP contribution >= 0.6 is 0 Å². The summed E-state index contributed by atoms with van der Waals surface area (Å²) in [7, 11) is -3.12. The summed E-state index contributed by atoms with van der Waals surface area (Å²) >= 11 is 0. The molecule has 1 aromatic carbocycles. The molecule has 1 aliphatic heterocycles. The van der Waals surface area contributed by atoms with E-state index in [9.17, 15) is 8.42 Å². The number of sulfonamides is 1. The van der Waals surface area contributed by atoms with Gasteiger partial charge in [0.2, 0.25) is 10.0 Å². The third kappa shape index (κ3) is 4.80. The first-order chi connectivity index (χ1) is 10.3. The summed E-state index contributed by atoms with van der Waals surface area (Å²) in [5.74, 6) is 0.247. The fourth-order valence-corrected chi connectivity index (χ4v) is 4.36. The first-order valence-corrected chi connectivity index (χ1v) is 9.67. The SMILES string of the molecule is CC(C)(C)N1CCN(S(=O)(=O)CCCc2ccccc2)CC1. The molecule has 1 aliphatic rings. The van der Waals surface area contributed by atoms with Gasteiger partial charge >= 0.3 is 0 Å². The lowest BCUT2D eigenvalue weighted by Crippen LogP contribution is -2.54. The third-order valence-electron chi connectivity index (χ3n) is 4.29. The first kappa shape index (κ1) is 17.4. The molecule has 0 N–H and O–H groups in total. The molecule has 1 fully saturated rings. The van der Waals surface area contributed by atoms with Crippen molar-refractivity contribution in [2.24, 2.45) is 0 Å². The van der Waals surface area contributed by atoms with Crippen molar-refractivity contribution in [2.75, 3.05) is 31.9 Å².